The highest BCUT2D eigenvalue weighted by atomic mass is 16.5. The molecule has 2 rings (SSSR count). The number of carbonyl (C=O) groups excluding carboxylic acids is 1. The van der Waals surface area contributed by atoms with Crippen molar-refractivity contribution in [3.8, 4) is 0 Å². The molecule has 0 spiro atoms. The number of morpholine rings is 1. The van der Waals surface area contributed by atoms with Crippen molar-refractivity contribution < 1.29 is 9.53 Å². The Labute approximate surface area is 121 Å². The number of nitrogens with zero attached hydrogens (tertiary/aromatic N) is 1. The zero-order chi connectivity index (χ0) is 14.6. The van der Waals surface area contributed by atoms with Crippen LogP contribution in [0.3, 0.4) is 0 Å². The smallest absolute Gasteiger partial charge is 0.224 e. The number of hydrogen-bond donors (Lipinski definition) is 1. The molecule has 0 saturated carbocycles. The Kier molecular flexibility index (Phi) is 4.78. The summed E-state index contributed by atoms with van der Waals surface area (Å²) < 4.78 is 5.95. The molecular formula is C16H24N2O2. The van der Waals surface area contributed by atoms with Gasteiger partial charge in [-0.1, -0.05) is 30.3 Å². The molecule has 1 aromatic rings. The third-order valence-electron chi connectivity index (χ3n) is 3.78. The molecule has 1 amide bonds. The summed E-state index contributed by atoms with van der Waals surface area (Å²) in [5.41, 5.74) is 0.894. The van der Waals surface area contributed by atoms with E-state index in [0.29, 0.717) is 26.1 Å². The molecule has 1 atom stereocenters. The first kappa shape index (κ1) is 15.0. The van der Waals surface area contributed by atoms with Crippen LogP contribution in [0.5, 0.6) is 0 Å². The van der Waals surface area contributed by atoms with Crippen molar-refractivity contribution in [2.75, 3.05) is 26.7 Å². The molecule has 4 nitrogen and oxygen atoms in total. The Bertz CT molecular complexity index is 445. The van der Waals surface area contributed by atoms with E-state index in [1.54, 1.807) is 0 Å². The topological polar surface area (TPSA) is 41.6 Å². The second-order valence-electron chi connectivity index (χ2n) is 5.88. The molecule has 110 valence electrons. The molecule has 4 heteroatoms. The standard InChI is InChI=1S/C16H24N2O2/c1-16(2)12-20-14(13-7-5-4-6-8-13)11-18(16)15(19)9-10-17-3/h4-8,14,17H,9-12H2,1-3H3. The van der Waals surface area contributed by atoms with Gasteiger partial charge >= 0.3 is 0 Å². The summed E-state index contributed by atoms with van der Waals surface area (Å²) in [5.74, 6) is 0.189. The van der Waals surface area contributed by atoms with Crippen LogP contribution in [-0.4, -0.2) is 43.1 Å². The summed E-state index contributed by atoms with van der Waals surface area (Å²) in [5, 5.41) is 3.03. The molecule has 1 aliphatic heterocycles. The summed E-state index contributed by atoms with van der Waals surface area (Å²) in [6.45, 7) is 6.02. The maximum absolute atomic E-state index is 12.4. The molecule has 1 aliphatic rings. The monoisotopic (exact) mass is 276 g/mol. The van der Waals surface area contributed by atoms with E-state index < -0.39 is 0 Å². The average molecular weight is 276 g/mol. The predicted octanol–water partition coefficient (Wildman–Crippen LogP) is 1.97. The van der Waals surface area contributed by atoms with Crippen molar-refractivity contribution in [1.82, 2.24) is 10.2 Å². The Balaban J connectivity index is 2.10. The Morgan fingerprint density at radius 3 is 2.75 bits per heavy atom. The number of amides is 1. The molecular weight excluding hydrogens is 252 g/mol. The van der Waals surface area contributed by atoms with E-state index in [9.17, 15) is 4.79 Å². The summed E-state index contributed by atoms with van der Waals surface area (Å²) in [4.78, 5) is 14.3. The van der Waals surface area contributed by atoms with Crippen LogP contribution in [0.15, 0.2) is 30.3 Å². The second kappa shape index (κ2) is 6.37. The van der Waals surface area contributed by atoms with Crippen molar-refractivity contribution in [1.29, 1.82) is 0 Å². The third kappa shape index (κ3) is 3.38. The number of rotatable bonds is 4. The summed E-state index contributed by atoms with van der Waals surface area (Å²) >= 11 is 0. The summed E-state index contributed by atoms with van der Waals surface area (Å²) in [6, 6.07) is 10.1. The number of benzene rings is 1. The van der Waals surface area contributed by atoms with Crippen LogP contribution >= 0.6 is 0 Å². The minimum absolute atomic E-state index is 0.0252. The van der Waals surface area contributed by atoms with E-state index in [2.05, 4.69) is 31.3 Å². The minimum Gasteiger partial charge on any atom is -0.369 e. The second-order valence-corrected chi connectivity index (χ2v) is 5.88. The fraction of sp³-hybridized carbons (Fsp3) is 0.562. The van der Waals surface area contributed by atoms with Crippen LogP contribution in [0.2, 0.25) is 0 Å². The normalized spacial score (nSPS) is 21.8. The van der Waals surface area contributed by atoms with Crippen LogP contribution in [0, 0.1) is 0 Å². The van der Waals surface area contributed by atoms with Gasteiger partial charge in [-0.15, -0.1) is 0 Å². The molecule has 0 aromatic heterocycles. The molecule has 1 saturated heterocycles. The molecule has 0 bridgehead atoms. The first-order valence-corrected chi connectivity index (χ1v) is 7.16. The molecule has 20 heavy (non-hydrogen) atoms. The molecule has 1 heterocycles. The molecule has 0 aliphatic carbocycles. The Morgan fingerprint density at radius 1 is 1.40 bits per heavy atom. The molecule has 0 radical (unpaired) electrons. The van der Waals surface area contributed by atoms with Gasteiger partial charge in [-0.25, -0.2) is 0 Å². The van der Waals surface area contributed by atoms with Crippen molar-refractivity contribution in [3.05, 3.63) is 35.9 Å². The van der Waals surface area contributed by atoms with E-state index in [-0.39, 0.29) is 17.6 Å². The number of hydrogen-bond acceptors (Lipinski definition) is 3. The SMILES string of the molecule is CNCCC(=O)N1CC(c2ccccc2)OCC1(C)C. The minimum atomic E-state index is -0.240. The van der Waals surface area contributed by atoms with Gasteiger partial charge < -0.3 is 15.0 Å². The zero-order valence-corrected chi connectivity index (χ0v) is 12.6. The van der Waals surface area contributed by atoms with Crippen LogP contribution in [0.25, 0.3) is 0 Å². The fourth-order valence-corrected chi connectivity index (χ4v) is 2.52. The Morgan fingerprint density at radius 2 is 2.10 bits per heavy atom. The Hall–Kier alpha value is -1.39. The van der Waals surface area contributed by atoms with Crippen LogP contribution in [-0.2, 0) is 9.53 Å². The number of nitrogens with one attached hydrogen (secondary N) is 1. The van der Waals surface area contributed by atoms with Crippen molar-refractivity contribution in [2.24, 2.45) is 0 Å². The molecule has 1 fully saturated rings. The van der Waals surface area contributed by atoms with E-state index in [4.69, 9.17) is 4.74 Å². The van der Waals surface area contributed by atoms with Crippen LogP contribution in [0.4, 0.5) is 0 Å². The van der Waals surface area contributed by atoms with Gasteiger partial charge in [0.15, 0.2) is 0 Å². The first-order chi connectivity index (χ1) is 9.54. The van der Waals surface area contributed by atoms with E-state index in [1.807, 2.05) is 30.1 Å². The lowest BCUT2D eigenvalue weighted by molar-refractivity contribution is -0.154. The zero-order valence-electron chi connectivity index (χ0n) is 12.6. The van der Waals surface area contributed by atoms with Crippen molar-refractivity contribution in [2.45, 2.75) is 31.9 Å². The van der Waals surface area contributed by atoms with Crippen LogP contribution in [0.1, 0.15) is 31.9 Å². The van der Waals surface area contributed by atoms with Gasteiger partial charge in [-0.3, -0.25) is 4.79 Å². The lowest BCUT2D eigenvalue weighted by Crippen LogP contribution is -2.56. The van der Waals surface area contributed by atoms with Gasteiger partial charge in [0.25, 0.3) is 0 Å². The highest BCUT2D eigenvalue weighted by molar-refractivity contribution is 5.77. The van der Waals surface area contributed by atoms with Crippen molar-refractivity contribution >= 4 is 5.91 Å². The van der Waals surface area contributed by atoms with E-state index in [1.165, 1.54) is 0 Å². The summed E-state index contributed by atoms with van der Waals surface area (Å²) in [6.07, 6.45) is 0.504. The maximum atomic E-state index is 12.4. The first-order valence-electron chi connectivity index (χ1n) is 7.16. The fourth-order valence-electron chi connectivity index (χ4n) is 2.52. The van der Waals surface area contributed by atoms with E-state index >= 15 is 0 Å². The van der Waals surface area contributed by atoms with Crippen molar-refractivity contribution in [3.63, 3.8) is 0 Å². The number of carbonyl (C=O) groups is 1. The number of ether oxygens (including phenoxy) is 1. The lowest BCUT2D eigenvalue weighted by Gasteiger charge is -2.45. The van der Waals surface area contributed by atoms with Gasteiger partial charge in [-0.2, -0.15) is 0 Å². The maximum Gasteiger partial charge on any atom is 0.224 e. The van der Waals surface area contributed by atoms with Gasteiger partial charge in [0, 0.05) is 13.0 Å². The van der Waals surface area contributed by atoms with Gasteiger partial charge in [0.1, 0.15) is 6.10 Å². The largest absolute Gasteiger partial charge is 0.369 e. The van der Waals surface area contributed by atoms with E-state index in [0.717, 1.165) is 5.56 Å². The molecule has 1 N–H and O–H groups in total. The van der Waals surface area contributed by atoms with Gasteiger partial charge in [0.05, 0.1) is 18.7 Å². The molecule has 1 unspecified atom stereocenters. The third-order valence-corrected chi connectivity index (χ3v) is 3.78. The van der Waals surface area contributed by atoms with Gasteiger partial charge in [-0.05, 0) is 26.5 Å². The van der Waals surface area contributed by atoms with Gasteiger partial charge in [0.2, 0.25) is 5.91 Å². The highest BCUT2D eigenvalue weighted by Gasteiger charge is 2.38. The van der Waals surface area contributed by atoms with Crippen LogP contribution < -0.4 is 5.32 Å². The predicted molar refractivity (Wildman–Crippen MR) is 79.5 cm³/mol. The molecule has 1 aromatic carbocycles. The quantitative estimate of drug-likeness (QED) is 0.914. The summed E-state index contributed by atoms with van der Waals surface area (Å²) in [7, 11) is 1.87. The lowest BCUT2D eigenvalue weighted by atomic mass is 9.97. The average Bonchev–Trinajstić information content (AvgIpc) is 2.45. The highest BCUT2D eigenvalue weighted by Crippen LogP contribution is 2.30.